The van der Waals surface area contributed by atoms with Gasteiger partial charge in [-0.05, 0) is 24.6 Å². The summed E-state index contributed by atoms with van der Waals surface area (Å²) >= 11 is 0. The number of furan rings is 1. The fourth-order valence-corrected chi connectivity index (χ4v) is 3.32. The molecule has 0 bridgehead atoms. The van der Waals surface area contributed by atoms with E-state index in [9.17, 15) is 9.59 Å². The Morgan fingerprint density at radius 3 is 2.41 bits per heavy atom. The highest BCUT2D eigenvalue weighted by molar-refractivity contribution is 5.91. The minimum atomic E-state index is -0.0595. The van der Waals surface area contributed by atoms with Crippen molar-refractivity contribution in [2.24, 2.45) is 0 Å². The third-order valence-corrected chi connectivity index (χ3v) is 4.98. The highest BCUT2D eigenvalue weighted by Crippen LogP contribution is 2.11. The van der Waals surface area contributed by atoms with Crippen LogP contribution in [0.15, 0.2) is 53.1 Å². The average molecular weight is 369 g/mol. The third kappa shape index (κ3) is 5.20. The molecule has 1 aromatic carbocycles. The Balaban J connectivity index is 1.42. The van der Waals surface area contributed by atoms with E-state index in [1.165, 1.54) is 6.26 Å². The zero-order valence-electron chi connectivity index (χ0n) is 15.8. The lowest BCUT2D eigenvalue weighted by Gasteiger charge is -2.34. The lowest BCUT2D eigenvalue weighted by Crippen LogP contribution is -2.49. The lowest BCUT2D eigenvalue weighted by atomic mass is 10.2. The van der Waals surface area contributed by atoms with E-state index in [-0.39, 0.29) is 11.8 Å². The predicted molar refractivity (Wildman–Crippen MR) is 103 cm³/mol. The number of carbonyl (C=O) groups excluding carboxylic acids is 2. The molecule has 144 valence electrons. The van der Waals surface area contributed by atoms with Gasteiger partial charge in [0, 0.05) is 52.2 Å². The molecule has 3 rings (SSSR count). The van der Waals surface area contributed by atoms with E-state index in [0.717, 1.165) is 25.2 Å². The van der Waals surface area contributed by atoms with Gasteiger partial charge in [0.05, 0.1) is 6.26 Å². The summed E-state index contributed by atoms with van der Waals surface area (Å²) in [7, 11) is 0. The first kappa shape index (κ1) is 19.2. The molecule has 2 aromatic rings. The first-order chi connectivity index (χ1) is 13.2. The highest BCUT2D eigenvalue weighted by atomic mass is 16.3. The monoisotopic (exact) mass is 369 g/mol. The molecule has 27 heavy (non-hydrogen) atoms. The Bertz CT molecular complexity index is 722. The number of carbonyl (C=O) groups is 2. The van der Waals surface area contributed by atoms with Crippen LogP contribution in [-0.4, -0.2) is 65.8 Å². The summed E-state index contributed by atoms with van der Waals surface area (Å²) in [6.07, 6.45) is 2.02. The normalized spacial score (nSPS) is 14.9. The van der Waals surface area contributed by atoms with E-state index in [0.29, 0.717) is 38.4 Å². The summed E-state index contributed by atoms with van der Waals surface area (Å²) in [6, 6.07) is 13.5. The van der Waals surface area contributed by atoms with Gasteiger partial charge in [0.1, 0.15) is 0 Å². The first-order valence-electron chi connectivity index (χ1n) is 9.54. The molecule has 0 radical (unpaired) electrons. The van der Waals surface area contributed by atoms with Gasteiger partial charge in [0.15, 0.2) is 5.76 Å². The summed E-state index contributed by atoms with van der Waals surface area (Å²) in [5, 5.41) is 0. The Morgan fingerprint density at radius 1 is 1.04 bits per heavy atom. The molecule has 0 atom stereocenters. The second-order valence-corrected chi connectivity index (χ2v) is 6.75. The van der Waals surface area contributed by atoms with Gasteiger partial charge in [-0.1, -0.05) is 30.3 Å². The molecule has 0 aliphatic carbocycles. The van der Waals surface area contributed by atoms with Crippen molar-refractivity contribution in [3.63, 3.8) is 0 Å². The zero-order chi connectivity index (χ0) is 19.1. The van der Waals surface area contributed by atoms with Gasteiger partial charge in [-0.3, -0.25) is 14.5 Å². The fraction of sp³-hybridized carbons (Fsp3) is 0.429. The molecular weight excluding hydrogens is 342 g/mol. The first-order valence-corrected chi connectivity index (χ1v) is 9.54. The van der Waals surface area contributed by atoms with Gasteiger partial charge in [0.2, 0.25) is 5.91 Å². The van der Waals surface area contributed by atoms with Crippen LogP contribution in [0.4, 0.5) is 0 Å². The Morgan fingerprint density at radius 2 is 1.78 bits per heavy atom. The Labute approximate surface area is 160 Å². The maximum atomic E-state index is 12.6. The molecule has 6 nitrogen and oxygen atoms in total. The quantitative estimate of drug-likeness (QED) is 0.752. The molecule has 0 spiro atoms. The standard InChI is InChI=1S/C21H27N3O3/c1-2-23(17-18-7-4-3-5-8-18)20(25)10-11-22-12-14-24(15-13-22)21(26)19-9-6-16-27-19/h3-9,16H,2,10-15,17H2,1H3. The van der Waals surface area contributed by atoms with E-state index in [1.807, 2.05) is 47.1 Å². The van der Waals surface area contributed by atoms with Crippen molar-refractivity contribution in [2.75, 3.05) is 39.3 Å². The second kappa shape index (κ2) is 9.37. The molecule has 0 N–H and O–H groups in total. The third-order valence-electron chi connectivity index (χ3n) is 4.98. The predicted octanol–water partition coefficient (Wildman–Crippen LogP) is 2.48. The minimum Gasteiger partial charge on any atom is -0.459 e. The molecule has 1 saturated heterocycles. The van der Waals surface area contributed by atoms with E-state index in [1.54, 1.807) is 12.1 Å². The number of nitrogens with zero attached hydrogens (tertiary/aromatic N) is 3. The van der Waals surface area contributed by atoms with Crippen LogP contribution in [0.2, 0.25) is 0 Å². The van der Waals surface area contributed by atoms with Crippen molar-refractivity contribution in [1.82, 2.24) is 14.7 Å². The molecule has 2 heterocycles. The number of rotatable bonds is 7. The minimum absolute atomic E-state index is 0.0595. The molecule has 1 aliphatic rings. The average Bonchev–Trinajstić information content (AvgIpc) is 3.25. The number of piperazine rings is 1. The van der Waals surface area contributed by atoms with Crippen molar-refractivity contribution in [3.8, 4) is 0 Å². The van der Waals surface area contributed by atoms with Crippen molar-refractivity contribution in [2.45, 2.75) is 19.9 Å². The van der Waals surface area contributed by atoms with Gasteiger partial charge < -0.3 is 14.2 Å². The summed E-state index contributed by atoms with van der Waals surface area (Å²) in [4.78, 5) is 30.8. The largest absolute Gasteiger partial charge is 0.459 e. The van der Waals surface area contributed by atoms with Crippen molar-refractivity contribution < 1.29 is 14.0 Å². The maximum absolute atomic E-state index is 12.6. The van der Waals surface area contributed by atoms with Gasteiger partial charge >= 0.3 is 0 Å². The summed E-state index contributed by atoms with van der Waals surface area (Å²) in [5.41, 5.74) is 1.15. The van der Waals surface area contributed by atoms with Crippen molar-refractivity contribution >= 4 is 11.8 Å². The summed E-state index contributed by atoms with van der Waals surface area (Å²) in [5.74, 6) is 0.504. The maximum Gasteiger partial charge on any atom is 0.289 e. The molecule has 0 unspecified atom stereocenters. The zero-order valence-corrected chi connectivity index (χ0v) is 15.8. The van der Waals surface area contributed by atoms with E-state index in [2.05, 4.69) is 4.90 Å². The Hall–Kier alpha value is -2.60. The van der Waals surface area contributed by atoms with Crippen LogP contribution < -0.4 is 0 Å². The molecule has 2 amide bonds. The van der Waals surface area contributed by atoms with Gasteiger partial charge in [-0.15, -0.1) is 0 Å². The number of amides is 2. The van der Waals surface area contributed by atoms with Crippen molar-refractivity contribution in [1.29, 1.82) is 0 Å². The molecule has 1 aromatic heterocycles. The topological polar surface area (TPSA) is 57.0 Å². The molecular formula is C21H27N3O3. The van der Waals surface area contributed by atoms with Gasteiger partial charge in [-0.25, -0.2) is 0 Å². The molecule has 1 fully saturated rings. The number of hydrogen-bond donors (Lipinski definition) is 0. The van der Waals surface area contributed by atoms with Crippen LogP contribution in [0.1, 0.15) is 29.5 Å². The summed E-state index contributed by atoms with van der Waals surface area (Å²) in [6.45, 7) is 6.99. The summed E-state index contributed by atoms with van der Waals surface area (Å²) < 4.78 is 5.19. The van der Waals surface area contributed by atoms with Crippen LogP contribution in [0.25, 0.3) is 0 Å². The smallest absolute Gasteiger partial charge is 0.289 e. The van der Waals surface area contributed by atoms with Crippen molar-refractivity contribution in [3.05, 3.63) is 60.1 Å². The van der Waals surface area contributed by atoms with E-state index >= 15 is 0 Å². The van der Waals surface area contributed by atoms with Gasteiger partial charge in [0.25, 0.3) is 5.91 Å². The van der Waals surface area contributed by atoms with Crippen LogP contribution in [-0.2, 0) is 11.3 Å². The molecule has 0 saturated carbocycles. The van der Waals surface area contributed by atoms with Crippen LogP contribution >= 0.6 is 0 Å². The van der Waals surface area contributed by atoms with Gasteiger partial charge in [-0.2, -0.15) is 0 Å². The van der Waals surface area contributed by atoms with Crippen LogP contribution in [0, 0.1) is 0 Å². The Kier molecular flexibility index (Phi) is 6.65. The second-order valence-electron chi connectivity index (χ2n) is 6.75. The lowest BCUT2D eigenvalue weighted by molar-refractivity contribution is -0.132. The fourth-order valence-electron chi connectivity index (χ4n) is 3.32. The van der Waals surface area contributed by atoms with E-state index < -0.39 is 0 Å². The number of hydrogen-bond acceptors (Lipinski definition) is 4. The highest BCUT2D eigenvalue weighted by Gasteiger charge is 2.24. The molecule has 1 aliphatic heterocycles. The number of benzene rings is 1. The van der Waals surface area contributed by atoms with Crippen LogP contribution in [0.3, 0.4) is 0 Å². The SMILES string of the molecule is CCN(Cc1ccccc1)C(=O)CCN1CCN(C(=O)c2ccco2)CC1. The van der Waals surface area contributed by atoms with Crippen LogP contribution in [0.5, 0.6) is 0 Å². The molecule has 6 heteroatoms. The van der Waals surface area contributed by atoms with E-state index in [4.69, 9.17) is 4.42 Å².